The minimum absolute atomic E-state index is 0.117. The number of amides is 2. The van der Waals surface area contributed by atoms with Gasteiger partial charge in [0.15, 0.2) is 0 Å². The van der Waals surface area contributed by atoms with Crippen LogP contribution in [0.1, 0.15) is 57.8 Å². The molecule has 2 amide bonds. The first-order valence-corrected chi connectivity index (χ1v) is 9.48. The molecule has 0 aromatic carbocycles. The SMILES string of the molecule is O=C(CCN1C(=O)CCCC1=O)OC[C@@H]1CCC[NH+]2CCCC[C@@H]12. The van der Waals surface area contributed by atoms with Crippen molar-refractivity contribution in [3.63, 3.8) is 0 Å². The second-order valence-corrected chi connectivity index (χ2v) is 7.39. The maximum absolute atomic E-state index is 12.0. The monoisotopic (exact) mass is 337 g/mol. The van der Waals surface area contributed by atoms with Crippen molar-refractivity contribution in [2.75, 3.05) is 26.2 Å². The zero-order chi connectivity index (χ0) is 16.9. The van der Waals surface area contributed by atoms with Crippen molar-refractivity contribution < 1.29 is 24.0 Å². The first-order valence-electron chi connectivity index (χ1n) is 9.48. The van der Waals surface area contributed by atoms with Crippen molar-refractivity contribution in [2.45, 2.75) is 63.8 Å². The van der Waals surface area contributed by atoms with Gasteiger partial charge in [0.25, 0.3) is 0 Å². The molecule has 3 aliphatic rings. The largest absolute Gasteiger partial charge is 0.465 e. The number of quaternary nitrogens is 1. The van der Waals surface area contributed by atoms with Crippen LogP contribution in [-0.4, -0.2) is 55.0 Å². The standard InChI is InChI=1S/C18H28N2O4/c21-16-7-3-8-17(22)20(16)12-9-18(23)24-13-14-5-4-11-19-10-2-1-6-15(14)19/h14-15H,1-13H2/p+1/t14-,15-/m0/s1. The number of carbonyl (C=O) groups excluding carboxylic acids is 3. The van der Waals surface area contributed by atoms with Gasteiger partial charge in [0.05, 0.1) is 32.2 Å². The lowest BCUT2D eigenvalue weighted by atomic mass is 9.84. The number of carbonyl (C=O) groups is 3. The summed E-state index contributed by atoms with van der Waals surface area (Å²) in [5, 5.41) is 0. The molecule has 0 aliphatic carbocycles. The van der Waals surface area contributed by atoms with Gasteiger partial charge in [-0.05, 0) is 38.5 Å². The molecular weight excluding hydrogens is 308 g/mol. The highest BCUT2D eigenvalue weighted by molar-refractivity contribution is 5.97. The summed E-state index contributed by atoms with van der Waals surface area (Å²) in [7, 11) is 0. The molecule has 3 rings (SSSR count). The van der Waals surface area contributed by atoms with E-state index in [1.807, 2.05) is 0 Å². The van der Waals surface area contributed by atoms with Gasteiger partial charge in [-0.15, -0.1) is 0 Å². The first-order chi connectivity index (χ1) is 11.6. The molecule has 3 fully saturated rings. The Kier molecular flexibility index (Phi) is 5.87. The fourth-order valence-corrected chi connectivity index (χ4v) is 4.50. The highest BCUT2D eigenvalue weighted by atomic mass is 16.5. The second kappa shape index (κ2) is 8.10. The van der Waals surface area contributed by atoms with Gasteiger partial charge in [0.2, 0.25) is 11.8 Å². The number of esters is 1. The van der Waals surface area contributed by atoms with E-state index in [-0.39, 0.29) is 30.7 Å². The number of rotatable bonds is 5. The lowest BCUT2D eigenvalue weighted by Gasteiger charge is -2.41. The topological polar surface area (TPSA) is 68.1 Å². The Balaban J connectivity index is 1.42. The fourth-order valence-electron chi connectivity index (χ4n) is 4.50. The first kappa shape index (κ1) is 17.4. The predicted octanol–water partition coefficient (Wildman–Crippen LogP) is 0.306. The summed E-state index contributed by atoms with van der Waals surface area (Å²) in [5.41, 5.74) is 0. The molecule has 134 valence electrons. The van der Waals surface area contributed by atoms with Crippen molar-refractivity contribution in [2.24, 2.45) is 5.92 Å². The van der Waals surface area contributed by atoms with Crippen LogP contribution in [-0.2, 0) is 19.1 Å². The van der Waals surface area contributed by atoms with Crippen LogP contribution in [0.15, 0.2) is 0 Å². The molecule has 24 heavy (non-hydrogen) atoms. The minimum atomic E-state index is -0.288. The summed E-state index contributed by atoms with van der Waals surface area (Å²) < 4.78 is 5.49. The van der Waals surface area contributed by atoms with Crippen LogP contribution in [0.2, 0.25) is 0 Å². The fraction of sp³-hybridized carbons (Fsp3) is 0.833. The number of hydrogen-bond donors (Lipinski definition) is 1. The number of piperidine rings is 3. The van der Waals surface area contributed by atoms with Crippen molar-refractivity contribution >= 4 is 17.8 Å². The summed E-state index contributed by atoms with van der Waals surface area (Å²) in [6.07, 6.45) is 7.76. The molecule has 0 aromatic heterocycles. The number of nitrogens with zero attached hydrogens (tertiary/aromatic N) is 1. The Morgan fingerprint density at radius 1 is 1.04 bits per heavy atom. The highest BCUT2D eigenvalue weighted by Gasteiger charge is 2.37. The van der Waals surface area contributed by atoms with E-state index in [1.54, 1.807) is 4.90 Å². The molecular formula is C18H29N2O4+. The quantitative estimate of drug-likeness (QED) is 0.579. The van der Waals surface area contributed by atoms with Gasteiger partial charge >= 0.3 is 5.97 Å². The molecule has 0 aromatic rings. The Bertz CT molecular complexity index is 475. The smallest absolute Gasteiger partial charge is 0.307 e. The van der Waals surface area contributed by atoms with Crippen molar-refractivity contribution in [1.82, 2.24) is 4.90 Å². The van der Waals surface area contributed by atoms with Gasteiger partial charge in [0, 0.05) is 25.3 Å². The molecule has 6 nitrogen and oxygen atoms in total. The van der Waals surface area contributed by atoms with E-state index in [4.69, 9.17) is 4.74 Å². The predicted molar refractivity (Wildman–Crippen MR) is 87.2 cm³/mol. The van der Waals surface area contributed by atoms with Gasteiger partial charge in [-0.1, -0.05) is 0 Å². The normalized spacial score (nSPS) is 30.8. The number of nitrogens with one attached hydrogen (secondary N) is 1. The highest BCUT2D eigenvalue weighted by Crippen LogP contribution is 2.21. The maximum atomic E-state index is 12.0. The Morgan fingerprint density at radius 3 is 2.58 bits per heavy atom. The van der Waals surface area contributed by atoms with E-state index in [2.05, 4.69) is 0 Å². The van der Waals surface area contributed by atoms with Crippen molar-refractivity contribution in [1.29, 1.82) is 0 Å². The van der Waals surface area contributed by atoms with Crippen LogP contribution in [0.25, 0.3) is 0 Å². The minimum Gasteiger partial charge on any atom is -0.465 e. The van der Waals surface area contributed by atoms with E-state index in [0.717, 1.165) is 6.42 Å². The zero-order valence-corrected chi connectivity index (χ0v) is 14.4. The number of likely N-dealkylation sites (tertiary alicyclic amines) is 1. The number of imide groups is 1. The molecule has 3 aliphatic heterocycles. The molecule has 3 saturated heterocycles. The van der Waals surface area contributed by atoms with Crippen LogP contribution in [0.5, 0.6) is 0 Å². The molecule has 0 radical (unpaired) electrons. The van der Waals surface area contributed by atoms with E-state index < -0.39 is 0 Å². The molecule has 0 saturated carbocycles. The molecule has 1 unspecified atom stereocenters. The van der Waals surface area contributed by atoms with Gasteiger partial charge in [-0.25, -0.2) is 0 Å². The number of hydrogen-bond acceptors (Lipinski definition) is 4. The van der Waals surface area contributed by atoms with E-state index >= 15 is 0 Å². The summed E-state index contributed by atoms with van der Waals surface area (Å²) in [4.78, 5) is 38.4. The lowest BCUT2D eigenvalue weighted by Crippen LogP contribution is -3.18. The van der Waals surface area contributed by atoms with E-state index in [9.17, 15) is 14.4 Å². The molecule has 3 atom stereocenters. The maximum Gasteiger partial charge on any atom is 0.307 e. The Labute approximate surface area is 143 Å². The van der Waals surface area contributed by atoms with Crippen LogP contribution in [0.3, 0.4) is 0 Å². The van der Waals surface area contributed by atoms with E-state index in [1.165, 1.54) is 43.7 Å². The zero-order valence-electron chi connectivity index (χ0n) is 14.4. The Hall–Kier alpha value is -1.43. The summed E-state index contributed by atoms with van der Waals surface area (Å²) in [6.45, 7) is 3.18. The number of ether oxygens (including phenoxy) is 1. The van der Waals surface area contributed by atoms with Crippen LogP contribution < -0.4 is 4.90 Å². The van der Waals surface area contributed by atoms with Crippen LogP contribution in [0.4, 0.5) is 0 Å². The van der Waals surface area contributed by atoms with Crippen LogP contribution >= 0.6 is 0 Å². The summed E-state index contributed by atoms with van der Waals surface area (Å²) in [5.74, 6) is -0.138. The third-order valence-electron chi connectivity index (χ3n) is 5.81. The van der Waals surface area contributed by atoms with Gasteiger partial charge in [-0.3, -0.25) is 19.3 Å². The molecule has 0 spiro atoms. The third-order valence-corrected chi connectivity index (χ3v) is 5.81. The Morgan fingerprint density at radius 2 is 1.79 bits per heavy atom. The number of fused-ring (bicyclic) bond motifs is 1. The van der Waals surface area contributed by atoms with Crippen LogP contribution in [0, 0.1) is 5.92 Å². The third kappa shape index (κ3) is 4.15. The summed E-state index contributed by atoms with van der Waals surface area (Å²) in [6, 6.07) is 0.644. The average Bonchev–Trinajstić information content (AvgIpc) is 2.59. The van der Waals surface area contributed by atoms with E-state index in [0.29, 0.717) is 37.8 Å². The molecule has 1 N–H and O–H groups in total. The summed E-state index contributed by atoms with van der Waals surface area (Å²) >= 11 is 0. The van der Waals surface area contributed by atoms with Gasteiger partial charge in [0.1, 0.15) is 0 Å². The van der Waals surface area contributed by atoms with Crippen molar-refractivity contribution in [3.8, 4) is 0 Å². The molecule has 3 heterocycles. The van der Waals surface area contributed by atoms with Gasteiger partial charge < -0.3 is 9.64 Å². The lowest BCUT2D eigenvalue weighted by molar-refractivity contribution is -0.940. The molecule has 6 heteroatoms. The molecule has 0 bridgehead atoms. The average molecular weight is 337 g/mol. The van der Waals surface area contributed by atoms with Gasteiger partial charge in [-0.2, -0.15) is 0 Å². The van der Waals surface area contributed by atoms with Crippen molar-refractivity contribution in [3.05, 3.63) is 0 Å². The second-order valence-electron chi connectivity index (χ2n) is 7.39.